The first-order valence-corrected chi connectivity index (χ1v) is 9.30. The Morgan fingerprint density at radius 3 is 1.68 bits per heavy atom. The monoisotopic (exact) mass is 357 g/mol. The van der Waals surface area contributed by atoms with Gasteiger partial charge in [-0.1, -0.05) is 56.4 Å². The summed E-state index contributed by atoms with van der Waals surface area (Å²) in [6, 6.07) is 8.49. The van der Waals surface area contributed by atoms with Crippen LogP contribution >= 0.6 is 0 Å². The second-order valence-corrected chi connectivity index (χ2v) is 6.73. The van der Waals surface area contributed by atoms with Gasteiger partial charge in [0.1, 0.15) is 0 Å². The summed E-state index contributed by atoms with van der Waals surface area (Å²) in [5, 5.41) is 0. The minimum Gasteiger partial charge on any atom is -0.370 e. The second kappa shape index (κ2) is 11.9. The van der Waals surface area contributed by atoms with Crippen molar-refractivity contribution in [3.8, 4) is 0 Å². The molecule has 1 amide bonds. The molecule has 0 fully saturated rings. The number of carbonyl (C=O) groups excluding carboxylic acids is 1. The van der Waals surface area contributed by atoms with Crippen LogP contribution in [0.25, 0.3) is 0 Å². The summed E-state index contributed by atoms with van der Waals surface area (Å²) in [4.78, 5) is 10.7. The summed E-state index contributed by atoms with van der Waals surface area (Å²) >= 11 is 0. The normalized spacial score (nSPS) is 11.6. The summed E-state index contributed by atoms with van der Waals surface area (Å²) < 4.78 is 36.0. The van der Waals surface area contributed by atoms with Gasteiger partial charge < -0.3 is 5.73 Å². The Kier molecular flexibility index (Phi) is 10.3. The lowest BCUT2D eigenvalue weighted by molar-refractivity contribution is -0.135. The summed E-state index contributed by atoms with van der Waals surface area (Å²) in [6.45, 7) is 0. The van der Waals surface area contributed by atoms with Crippen molar-refractivity contribution in [2.75, 3.05) is 0 Å². The number of hydrogen-bond donors (Lipinski definition) is 1. The van der Waals surface area contributed by atoms with Crippen molar-refractivity contribution in [3.05, 3.63) is 35.4 Å². The van der Waals surface area contributed by atoms with E-state index in [1.165, 1.54) is 11.1 Å². The molecule has 142 valence electrons. The van der Waals surface area contributed by atoms with Gasteiger partial charge in [0.2, 0.25) is 5.91 Å². The van der Waals surface area contributed by atoms with Gasteiger partial charge in [0.05, 0.1) is 0 Å². The number of nitrogens with two attached hydrogens (primary N) is 1. The quantitative estimate of drug-likeness (QED) is 0.451. The maximum atomic E-state index is 12.0. The average molecular weight is 357 g/mol. The first-order valence-electron chi connectivity index (χ1n) is 9.30. The molecule has 0 spiro atoms. The molecule has 0 atom stereocenters. The van der Waals surface area contributed by atoms with Gasteiger partial charge in [-0.15, -0.1) is 0 Å². The fourth-order valence-corrected chi connectivity index (χ4v) is 2.88. The van der Waals surface area contributed by atoms with Crippen LogP contribution in [-0.2, 0) is 17.6 Å². The molecule has 2 N–H and O–H groups in total. The molecule has 1 rings (SSSR count). The van der Waals surface area contributed by atoms with E-state index in [2.05, 4.69) is 24.3 Å². The lowest BCUT2D eigenvalue weighted by Gasteiger charge is -2.06. The molecule has 0 aliphatic heterocycles. The van der Waals surface area contributed by atoms with E-state index in [-0.39, 0.29) is 12.3 Å². The minimum absolute atomic E-state index is 0.253. The van der Waals surface area contributed by atoms with Gasteiger partial charge in [-0.25, -0.2) is 0 Å². The zero-order chi connectivity index (χ0) is 18.5. The third-order valence-electron chi connectivity index (χ3n) is 4.34. The summed E-state index contributed by atoms with van der Waals surface area (Å²) in [6.07, 6.45) is 4.67. The number of hydrogen-bond acceptors (Lipinski definition) is 1. The van der Waals surface area contributed by atoms with Crippen LogP contribution in [0.1, 0.15) is 75.3 Å². The molecule has 0 unspecified atom stereocenters. The van der Waals surface area contributed by atoms with E-state index in [0.29, 0.717) is 12.8 Å². The van der Waals surface area contributed by atoms with Gasteiger partial charge in [-0.2, -0.15) is 13.2 Å². The first kappa shape index (κ1) is 21.5. The van der Waals surface area contributed by atoms with Crippen LogP contribution in [0.15, 0.2) is 24.3 Å². The highest BCUT2D eigenvalue weighted by molar-refractivity contribution is 5.73. The fraction of sp³-hybridized carbons (Fsp3) is 0.650. The highest BCUT2D eigenvalue weighted by Gasteiger charge is 2.25. The Labute approximate surface area is 149 Å². The number of alkyl halides is 3. The molecular weight excluding hydrogens is 327 g/mol. The zero-order valence-electron chi connectivity index (χ0n) is 14.9. The molecular formula is C20H30F3NO. The van der Waals surface area contributed by atoms with Crippen LogP contribution in [0.3, 0.4) is 0 Å². The molecule has 5 heteroatoms. The molecule has 0 aliphatic carbocycles. The van der Waals surface area contributed by atoms with Crippen molar-refractivity contribution in [1.29, 1.82) is 0 Å². The van der Waals surface area contributed by atoms with Gasteiger partial charge in [0.25, 0.3) is 0 Å². The standard InChI is InChI=1S/C20H30F3NO/c21-20(22,23)16-7-5-3-1-2-4-6-9-17-12-14-18(15-13-17)10-8-11-19(24)25/h12-15H,1-11,16H2,(H2,24,25). The van der Waals surface area contributed by atoms with E-state index in [1.807, 2.05) is 0 Å². The summed E-state index contributed by atoms with van der Waals surface area (Å²) in [5.74, 6) is -0.253. The number of primary amides is 1. The van der Waals surface area contributed by atoms with Crippen molar-refractivity contribution >= 4 is 5.91 Å². The predicted octanol–water partition coefficient (Wildman–Crippen LogP) is 5.72. The van der Waals surface area contributed by atoms with Crippen molar-refractivity contribution in [3.63, 3.8) is 0 Å². The molecule has 1 aromatic carbocycles. The second-order valence-electron chi connectivity index (χ2n) is 6.73. The lowest BCUT2D eigenvalue weighted by atomic mass is 10.0. The van der Waals surface area contributed by atoms with Gasteiger partial charge in [0.15, 0.2) is 0 Å². The number of carbonyl (C=O) groups is 1. The fourth-order valence-electron chi connectivity index (χ4n) is 2.88. The minimum atomic E-state index is -4.00. The number of benzene rings is 1. The third kappa shape index (κ3) is 12.5. The third-order valence-corrected chi connectivity index (χ3v) is 4.34. The van der Waals surface area contributed by atoms with Gasteiger partial charge in [-0.3, -0.25) is 4.79 Å². The highest BCUT2D eigenvalue weighted by Crippen LogP contribution is 2.23. The van der Waals surface area contributed by atoms with E-state index in [1.54, 1.807) is 0 Å². The zero-order valence-corrected chi connectivity index (χ0v) is 14.9. The molecule has 0 heterocycles. The van der Waals surface area contributed by atoms with Crippen molar-refractivity contribution in [2.24, 2.45) is 5.73 Å². The number of amides is 1. The Morgan fingerprint density at radius 1 is 0.760 bits per heavy atom. The van der Waals surface area contributed by atoms with Crippen LogP contribution in [0.4, 0.5) is 13.2 Å². The maximum Gasteiger partial charge on any atom is 0.389 e. The summed E-state index contributed by atoms with van der Waals surface area (Å²) in [7, 11) is 0. The van der Waals surface area contributed by atoms with Crippen LogP contribution in [0.5, 0.6) is 0 Å². The van der Waals surface area contributed by atoms with Crippen LogP contribution < -0.4 is 5.73 Å². The lowest BCUT2D eigenvalue weighted by Crippen LogP contribution is -2.10. The van der Waals surface area contributed by atoms with Gasteiger partial charge >= 0.3 is 6.18 Å². The molecule has 25 heavy (non-hydrogen) atoms. The number of rotatable bonds is 13. The van der Waals surface area contributed by atoms with Gasteiger partial charge in [-0.05, 0) is 43.2 Å². The van der Waals surface area contributed by atoms with Crippen molar-refractivity contribution in [2.45, 2.75) is 83.2 Å². The topological polar surface area (TPSA) is 43.1 Å². The van der Waals surface area contributed by atoms with Crippen LogP contribution in [0.2, 0.25) is 0 Å². The van der Waals surface area contributed by atoms with E-state index in [4.69, 9.17) is 5.73 Å². The molecule has 0 aromatic heterocycles. The molecule has 0 aliphatic rings. The smallest absolute Gasteiger partial charge is 0.370 e. The van der Waals surface area contributed by atoms with E-state index in [9.17, 15) is 18.0 Å². The van der Waals surface area contributed by atoms with Crippen molar-refractivity contribution < 1.29 is 18.0 Å². The highest BCUT2D eigenvalue weighted by atomic mass is 19.4. The molecule has 1 aromatic rings. The molecule has 0 bridgehead atoms. The molecule has 0 radical (unpaired) electrons. The Balaban J connectivity index is 2.02. The largest absolute Gasteiger partial charge is 0.389 e. The molecule has 0 saturated heterocycles. The van der Waals surface area contributed by atoms with Crippen molar-refractivity contribution in [1.82, 2.24) is 0 Å². The van der Waals surface area contributed by atoms with E-state index >= 15 is 0 Å². The van der Waals surface area contributed by atoms with E-state index < -0.39 is 12.6 Å². The Hall–Kier alpha value is -1.52. The Bertz CT molecular complexity index is 483. The maximum absolute atomic E-state index is 12.0. The number of aryl methyl sites for hydroxylation is 2. The van der Waals surface area contributed by atoms with Crippen LogP contribution in [0, 0.1) is 0 Å². The van der Waals surface area contributed by atoms with Crippen LogP contribution in [-0.4, -0.2) is 12.1 Å². The van der Waals surface area contributed by atoms with Gasteiger partial charge in [0, 0.05) is 12.8 Å². The van der Waals surface area contributed by atoms with E-state index in [0.717, 1.165) is 51.4 Å². The molecule has 2 nitrogen and oxygen atoms in total. The first-order chi connectivity index (χ1) is 11.9. The predicted molar refractivity (Wildman–Crippen MR) is 95.3 cm³/mol. The Morgan fingerprint density at radius 2 is 1.20 bits per heavy atom. The number of unbranched alkanes of at least 4 members (excludes halogenated alkanes) is 6. The molecule has 0 saturated carbocycles. The SMILES string of the molecule is NC(=O)CCCc1ccc(CCCCCCCCCC(F)(F)F)cc1. The summed E-state index contributed by atoms with van der Waals surface area (Å²) in [5.41, 5.74) is 7.66. The number of halogens is 3. The average Bonchev–Trinajstić information content (AvgIpc) is 2.53.